The molecule has 0 unspecified atom stereocenters. The highest BCUT2D eigenvalue weighted by atomic mass is 32.2. The van der Waals surface area contributed by atoms with Crippen LogP contribution in [0.15, 0.2) is 71.6 Å². The van der Waals surface area contributed by atoms with Crippen molar-refractivity contribution in [2.24, 2.45) is 0 Å². The van der Waals surface area contributed by atoms with Gasteiger partial charge in [0.2, 0.25) is 0 Å². The topological polar surface area (TPSA) is 69.4 Å². The fraction of sp³-hybridized carbons (Fsp3) is 0.100. The number of nitrogens with two attached hydrogens (primary N) is 1. The van der Waals surface area contributed by atoms with E-state index in [1.807, 2.05) is 12.1 Å². The normalized spacial score (nSPS) is 11.3. The predicted octanol–water partition coefficient (Wildman–Crippen LogP) is 4.06. The minimum absolute atomic E-state index is 0.0835. The molecule has 0 aromatic heterocycles. The quantitative estimate of drug-likeness (QED) is 0.542. The summed E-state index contributed by atoms with van der Waals surface area (Å²) in [4.78, 5) is 0.0835. The predicted molar refractivity (Wildman–Crippen MR) is 100 cm³/mol. The van der Waals surface area contributed by atoms with Crippen molar-refractivity contribution in [1.29, 1.82) is 0 Å². The zero-order valence-electron chi connectivity index (χ0n) is 14.1. The van der Waals surface area contributed by atoms with Crippen molar-refractivity contribution in [2.45, 2.75) is 10.6 Å². The summed E-state index contributed by atoms with van der Waals surface area (Å²) in [5.74, 6) is -0.0475. The van der Waals surface area contributed by atoms with E-state index in [0.29, 0.717) is 17.0 Å². The van der Waals surface area contributed by atoms with E-state index in [4.69, 9.17) is 10.5 Å². The van der Waals surface area contributed by atoms with Crippen molar-refractivity contribution < 1.29 is 17.5 Å². The Morgan fingerprint density at radius 2 is 1.73 bits per heavy atom. The molecular weight excluding hydrogens is 353 g/mol. The van der Waals surface area contributed by atoms with Gasteiger partial charge in [-0.1, -0.05) is 18.2 Å². The molecule has 4 nitrogen and oxygen atoms in total. The molecule has 3 aromatic rings. The van der Waals surface area contributed by atoms with Gasteiger partial charge in [0.05, 0.1) is 17.8 Å². The summed E-state index contributed by atoms with van der Waals surface area (Å²) in [6.45, 7) is 0. The van der Waals surface area contributed by atoms with Gasteiger partial charge >= 0.3 is 0 Å². The first-order valence-electron chi connectivity index (χ1n) is 7.90. The van der Waals surface area contributed by atoms with Gasteiger partial charge in [0.1, 0.15) is 11.6 Å². The number of anilines is 1. The lowest BCUT2D eigenvalue weighted by Gasteiger charge is -2.12. The Bertz CT molecular complexity index is 1030. The van der Waals surface area contributed by atoms with Gasteiger partial charge in [-0.2, -0.15) is 0 Å². The maximum atomic E-state index is 13.0. The number of halogens is 1. The Labute approximate surface area is 152 Å². The molecule has 0 saturated heterocycles. The van der Waals surface area contributed by atoms with Crippen LogP contribution in [0.4, 0.5) is 10.1 Å². The highest BCUT2D eigenvalue weighted by Gasteiger charge is 2.17. The Balaban J connectivity index is 1.99. The third kappa shape index (κ3) is 3.86. The third-order valence-electron chi connectivity index (χ3n) is 3.99. The molecule has 0 aliphatic carbocycles. The van der Waals surface area contributed by atoms with Crippen LogP contribution in [-0.2, 0) is 15.6 Å². The standard InChI is InChI=1S/C20H18FNO3S/c1-25-20-10-5-14(11-19(20)15-3-2-4-17(22)12-15)13-26(23,24)18-8-6-16(21)7-9-18/h2-12H,13,22H2,1H3. The van der Waals surface area contributed by atoms with Crippen molar-refractivity contribution in [2.75, 3.05) is 12.8 Å². The molecule has 3 rings (SSSR count). The number of hydrogen-bond donors (Lipinski definition) is 1. The monoisotopic (exact) mass is 371 g/mol. The van der Waals surface area contributed by atoms with Crippen LogP contribution < -0.4 is 10.5 Å². The summed E-state index contributed by atoms with van der Waals surface area (Å²) >= 11 is 0. The summed E-state index contributed by atoms with van der Waals surface area (Å²) in [5.41, 5.74) is 8.65. The lowest BCUT2D eigenvalue weighted by atomic mass is 10.0. The number of hydrogen-bond acceptors (Lipinski definition) is 4. The van der Waals surface area contributed by atoms with Crippen molar-refractivity contribution in [3.63, 3.8) is 0 Å². The van der Waals surface area contributed by atoms with Crippen LogP contribution in [0.3, 0.4) is 0 Å². The maximum Gasteiger partial charge on any atom is 0.182 e. The van der Waals surface area contributed by atoms with Gasteiger partial charge in [0.15, 0.2) is 9.84 Å². The molecule has 2 N–H and O–H groups in total. The zero-order valence-corrected chi connectivity index (χ0v) is 15.0. The minimum atomic E-state index is -3.59. The van der Waals surface area contributed by atoms with Gasteiger partial charge in [-0.15, -0.1) is 0 Å². The molecule has 0 bridgehead atoms. The summed E-state index contributed by atoms with van der Waals surface area (Å²) < 4.78 is 43.6. The summed E-state index contributed by atoms with van der Waals surface area (Å²) in [6.07, 6.45) is 0. The molecular formula is C20H18FNO3S. The van der Waals surface area contributed by atoms with E-state index in [1.165, 1.54) is 12.1 Å². The molecule has 134 valence electrons. The first kappa shape index (κ1) is 17.9. The van der Waals surface area contributed by atoms with Gasteiger partial charge in [0.25, 0.3) is 0 Å². The SMILES string of the molecule is COc1ccc(CS(=O)(=O)c2ccc(F)cc2)cc1-c1cccc(N)c1. The molecule has 3 aromatic carbocycles. The Hall–Kier alpha value is -2.86. The Morgan fingerprint density at radius 1 is 1.00 bits per heavy atom. The molecule has 0 radical (unpaired) electrons. The fourth-order valence-electron chi connectivity index (χ4n) is 2.72. The number of sulfone groups is 1. The second kappa shape index (κ2) is 7.17. The van der Waals surface area contributed by atoms with Crippen LogP contribution >= 0.6 is 0 Å². The number of benzene rings is 3. The second-order valence-electron chi connectivity index (χ2n) is 5.87. The van der Waals surface area contributed by atoms with Crippen LogP contribution in [0.1, 0.15) is 5.56 Å². The van der Waals surface area contributed by atoms with E-state index in [1.54, 1.807) is 37.4 Å². The third-order valence-corrected chi connectivity index (χ3v) is 5.69. The molecule has 0 amide bonds. The number of methoxy groups -OCH3 is 1. The zero-order chi connectivity index (χ0) is 18.7. The maximum absolute atomic E-state index is 13.0. The van der Waals surface area contributed by atoms with Crippen LogP contribution in [0.2, 0.25) is 0 Å². The van der Waals surface area contributed by atoms with Crippen molar-refractivity contribution in [3.05, 3.63) is 78.1 Å². The molecule has 0 fully saturated rings. The van der Waals surface area contributed by atoms with Crippen LogP contribution in [-0.4, -0.2) is 15.5 Å². The highest BCUT2D eigenvalue weighted by molar-refractivity contribution is 7.90. The fourth-order valence-corrected chi connectivity index (χ4v) is 4.06. The smallest absolute Gasteiger partial charge is 0.182 e. The van der Waals surface area contributed by atoms with E-state index in [-0.39, 0.29) is 10.6 Å². The van der Waals surface area contributed by atoms with E-state index in [0.717, 1.165) is 23.3 Å². The molecule has 6 heteroatoms. The molecule has 26 heavy (non-hydrogen) atoms. The van der Waals surface area contributed by atoms with E-state index >= 15 is 0 Å². The Morgan fingerprint density at radius 3 is 2.38 bits per heavy atom. The van der Waals surface area contributed by atoms with Gasteiger partial charge in [-0.3, -0.25) is 0 Å². The summed E-state index contributed by atoms with van der Waals surface area (Å²) in [7, 11) is -2.03. The Kier molecular flexibility index (Phi) is 4.95. The largest absolute Gasteiger partial charge is 0.496 e. The second-order valence-corrected chi connectivity index (χ2v) is 7.86. The molecule has 0 saturated carbocycles. The average molecular weight is 371 g/mol. The summed E-state index contributed by atoms with van der Waals surface area (Å²) in [5, 5.41) is 0. The van der Waals surface area contributed by atoms with Gasteiger partial charge in [-0.05, 0) is 59.7 Å². The first-order chi connectivity index (χ1) is 12.4. The lowest BCUT2D eigenvalue weighted by Crippen LogP contribution is -2.05. The van der Waals surface area contributed by atoms with E-state index in [9.17, 15) is 12.8 Å². The minimum Gasteiger partial charge on any atom is -0.496 e. The first-order valence-corrected chi connectivity index (χ1v) is 9.55. The van der Waals surface area contributed by atoms with Crippen LogP contribution in [0.25, 0.3) is 11.1 Å². The highest BCUT2D eigenvalue weighted by Crippen LogP contribution is 2.32. The van der Waals surface area contributed by atoms with Crippen LogP contribution in [0.5, 0.6) is 5.75 Å². The lowest BCUT2D eigenvalue weighted by molar-refractivity contribution is 0.416. The van der Waals surface area contributed by atoms with E-state index < -0.39 is 15.7 Å². The van der Waals surface area contributed by atoms with Gasteiger partial charge in [-0.25, -0.2) is 12.8 Å². The average Bonchev–Trinajstić information content (AvgIpc) is 2.62. The molecule has 0 aliphatic rings. The van der Waals surface area contributed by atoms with Crippen molar-refractivity contribution in [1.82, 2.24) is 0 Å². The van der Waals surface area contributed by atoms with Gasteiger partial charge < -0.3 is 10.5 Å². The van der Waals surface area contributed by atoms with E-state index in [2.05, 4.69) is 0 Å². The molecule has 0 heterocycles. The summed E-state index contributed by atoms with van der Waals surface area (Å²) in [6, 6.07) is 17.3. The number of ether oxygens (including phenoxy) is 1. The van der Waals surface area contributed by atoms with Crippen molar-refractivity contribution in [3.8, 4) is 16.9 Å². The van der Waals surface area contributed by atoms with Crippen molar-refractivity contribution >= 4 is 15.5 Å². The van der Waals surface area contributed by atoms with Gasteiger partial charge in [0, 0.05) is 11.3 Å². The number of nitrogen functional groups attached to an aromatic ring is 1. The molecule has 0 spiro atoms. The molecule has 0 aliphatic heterocycles. The molecule has 0 atom stereocenters. The van der Waals surface area contributed by atoms with Crippen LogP contribution in [0, 0.1) is 5.82 Å². The number of rotatable bonds is 5.